The van der Waals surface area contributed by atoms with Gasteiger partial charge in [0.05, 0.1) is 5.60 Å². The fraction of sp³-hybridized carbons (Fsp3) is 0.455. The number of thioether (sulfide) groups is 1. The molecule has 0 saturated heterocycles. The summed E-state index contributed by atoms with van der Waals surface area (Å²) in [6.07, 6.45) is 2.04. The summed E-state index contributed by atoms with van der Waals surface area (Å²) in [5.41, 5.74) is 1.42. The second-order valence-corrected chi connectivity index (χ2v) is 4.62. The molecule has 72 valence electrons. The van der Waals surface area contributed by atoms with Crippen LogP contribution in [0.3, 0.4) is 0 Å². The zero-order valence-electron chi connectivity index (χ0n) is 8.59. The molecule has 1 aromatic carbocycles. The number of aliphatic hydroxyl groups is 1. The number of hydrogen-bond acceptors (Lipinski definition) is 2. The van der Waals surface area contributed by atoms with Crippen LogP contribution < -0.4 is 0 Å². The van der Waals surface area contributed by atoms with Gasteiger partial charge in [0.1, 0.15) is 0 Å². The molecule has 0 spiro atoms. The summed E-state index contributed by atoms with van der Waals surface area (Å²) in [5, 5.41) is 9.88. The third-order valence-corrected chi connectivity index (χ3v) is 2.83. The van der Waals surface area contributed by atoms with Gasteiger partial charge < -0.3 is 5.11 Å². The number of hydrogen-bond donors (Lipinski definition) is 1. The first-order valence-electron chi connectivity index (χ1n) is 4.32. The minimum Gasteiger partial charge on any atom is -0.386 e. The minimum atomic E-state index is -0.740. The van der Waals surface area contributed by atoms with E-state index in [9.17, 15) is 5.11 Å². The average Bonchev–Trinajstić information content (AvgIpc) is 2.03. The van der Waals surface area contributed by atoms with E-state index >= 15 is 0 Å². The van der Waals surface area contributed by atoms with Crippen molar-refractivity contribution in [3.05, 3.63) is 29.3 Å². The number of benzene rings is 1. The van der Waals surface area contributed by atoms with Crippen LogP contribution >= 0.6 is 11.8 Å². The fourth-order valence-corrected chi connectivity index (χ4v) is 1.83. The van der Waals surface area contributed by atoms with Crippen LogP contribution in [-0.4, -0.2) is 11.4 Å². The van der Waals surface area contributed by atoms with E-state index in [1.54, 1.807) is 11.8 Å². The Labute approximate surface area is 84.2 Å². The molecule has 0 atom stereocenters. The normalized spacial score (nSPS) is 11.8. The Bertz CT molecular complexity index is 299. The van der Waals surface area contributed by atoms with Crippen molar-refractivity contribution in [2.45, 2.75) is 31.3 Å². The van der Waals surface area contributed by atoms with Gasteiger partial charge in [-0.05, 0) is 50.3 Å². The fourth-order valence-electron chi connectivity index (χ4n) is 1.39. The zero-order valence-corrected chi connectivity index (χ0v) is 9.40. The summed E-state index contributed by atoms with van der Waals surface area (Å²) in [6, 6.07) is 6.19. The molecular formula is C11H16OS. The summed E-state index contributed by atoms with van der Waals surface area (Å²) in [4.78, 5) is 1.20. The van der Waals surface area contributed by atoms with Gasteiger partial charge in [-0.2, -0.15) is 0 Å². The third kappa shape index (κ3) is 2.48. The maximum atomic E-state index is 9.88. The van der Waals surface area contributed by atoms with Crippen molar-refractivity contribution in [1.82, 2.24) is 0 Å². The van der Waals surface area contributed by atoms with Gasteiger partial charge in [-0.15, -0.1) is 11.8 Å². The molecule has 2 heteroatoms. The molecule has 1 N–H and O–H groups in total. The predicted molar refractivity (Wildman–Crippen MR) is 58.2 cm³/mol. The van der Waals surface area contributed by atoms with Crippen molar-refractivity contribution >= 4 is 11.8 Å². The van der Waals surface area contributed by atoms with E-state index < -0.39 is 5.60 Å². The highest BCUT2D eigenvalue weighted by Gasteiger charge is 2.18. The predicted octanol–water partition coefficient (Wildman–Crippen LogP) is 2.94. The highest BCUT2D eigenvalue weighted by Crippen LogP contribution is 2.27. The Morgan fingerprint density at radius 3 is 2.38 bits per heavy atom. The van der Waals surface area contributed by atoms with Gasteiger partial charge in [-0.25, -0.2) is 0 Å². The van der Waals surface area contributed by atoms with Gasteiger partial charge in [0, 0.05) is 4.90 Å². The van der Waals surface area contributed by atoms with Crippen LogP contribution in [0.1, 0.15) is 25.0 Å². The van der Waals surface area contributed by atoms with Crippen molar-refractivity contribution < 1.29 is 5.11 Å². The van der Waals surface area contributed by atoms with Crippen molar-refractivity contribution in [1.29, 1.82) is 0 Å². The quantitative estimate of drug-likeness (QED) is 0.734. The van der Waals surface area contributed by atoms with E-state index in [-0.39, 0.29) is 0 Å². The van der Waals surface area contributed by atoms with Crippen molar-refractivity contribution in [3.8, 4) is 0 Å². The van der Waals surface area contributed by atoms with E-state index in [0.717, 1.165) is 11.1 Å². The van der Waals surface area contributed by atoms with E-state index in [4.69, 9.17) is 0 Å². The van der Waals surface area contributed by atoms with Crippen LogP contribution in [0.2, 0.25) is 0 Å². The molecule has 0 radical (unpaired) electrons. The van der Waals surface area contributed by atoms with Crippen LogP contribution in [0.4, 0.5) is 0 Å². The molecule has 0 heterocycles. The Kier molecular flexibility index (Phi) is 3.04. The highest BCUT2D eigenvalue weighted by molar-refractivity contribution is 7.98. The summed E-state index contributed by atoms with van der Waals surface area (Å²) >= 11 is 1.70. The molecular weight excluding hydrogens is 180 g/mol. The summed E-state index contributed by atoms with van der Waals surface area (Å²) in [6.45, 7) is 5.66. The lowest BCUT2D eigenvalue weighted by molar-refractivity contribution is 0.0777. The smallest absolute Gasteiger partial charge is 0.0843 e. The molecule has 0 saturated carbocycles. The van der Waals surface area contributed by atoms with Crippen molar-refractivity contribution in [2.75, 3.05) is 6.26 Å². The molecule has 0 aliphatic carbocycles. The summed E-state index contributed by atoms with van der Waals surface area (Å²) < 4.78 is 0. The molecule has 0 amide bonds. The largest absolute Gasteiger partial charge is 0.386 e. The Hall–Kier alpha value is -0.470. The second-order valence-electron chi connectivity index (χ2n) is 3.74. The standard InChI is InChI=1S/C11H16OS/c1-8-5-6-9(13-4)7-10(8)11(2,3)12/h5-7,12H,1-4H3. The lowest BCUT2D eigenvalue weighted by Crippen LogP contribution is -2.17. The number of aryl methyl sites for hydroxylation is 1. The zero-order chi connectivity index (χ0) is 10.1. The van der Waals surface area contributed by atoms with Gasteiger partial charge in [-0.3, -0.25) is 0 Å². The average molecular weight is 196 g/mol. The minimum absolute atomic E-state index is 0.740. The van der Waals surface area contributed by atoms with Crippen LogP contribution in [-0.2, 0) is 5.60 Å². The van der Waals surface area contributed by atoms with Gasteiger partial charge in [0.2, 0.25) is 0 Å². The first-order valence-corrected chi connectivity index (χ1v) is 5.55. The van der Waals surface area contributed by atoms with Crippen molar-refractivity contribution in [2.24, 2.45) is 0 Å². The molecule has 1 aromatic rings. The Morgan fingerprint density at radius 1 is 1.31 bits per heavy atom. The molecule has 1 rings (SSSR count). The highest BCUT2D eigenvalue weighted by atomic mass is 32.2. The van der Waals surface area contributed by atoms with Crippen LogP contribution in [0, 0.1) is 6.92 Å². The van der Waals surface area contributed by atoms with Gasteiger partial charge >= 0.3 is 0 Å². The Balaban J connectivity index is 3.19. The molecule has 0 fully saturated rings. The first kappa shape index (κ1) is 10.6. The summed E-state index contributed by atoms with van der Waals surface area (Å²) in [7, 11) is 0. The van der Waals surface area contributed by atoms with E-state index in [2.05, 4.69) is 18.2 Å². The molecule has 0 bridgehead atoms. The SMILES string of the molecule is CSc1ccc(C)c(C(C)(C)O)c1. The molecule has 13 heavy (non-hydrogen) atoms. The molecule has 0 unspecified atom stereocenters. The van der Waals surface area contributed by atoms with Gasteiger partial charge in [-0.1, -0.05) is 6.07 Å². The monoisotopic (exact) mass is 196 g/mol. The van der Waals surface area contributed by atoms with E-state index in [1.807, 2.05) is 27.0 Å². The maximum Gasteiger partial charge on any atom is 0.0843 e. The van der Waals surface area contributed by atoms with E-state index in [1.165, 1.54) is 4.90 Å². The van der Waals surface area contributed by atoms with Gasteiger partial charge in [0.15, 0.2) is 0 Å². The molecule has 1 nitrogen and oxygen atoms in total. The van der Waals surface area contributed by atoms with Crippen LogP contribution in [0.25, 0.3) is 0 Å². The van der Waals surface area contributed by atoms with Crippen molar-refractivity contribution in [3.63, 3.8) is 0 Å². The third-order valence-electron chi connectivity index (χ3n) is 2.10. The number of rotatable bonds is 2. The molecule has 0 aromatic heterocycles. The summed E-state index contributed by atoms with van der Waals surface area (Å²) in [5.74, 6) is 0. The molecule has 0 aliphatic heterocycles. The topological polar surface area (TPSA) is 20.2 Å². The van der Waals surface area contributed by atoms with E-state index in [0.29, 0.717) is 0 Å². The second kappa shape index (κ2) is 3.72. The van der Waals surface area contributed by atoms with Crippen LogP contribution in [0.15, 0.2) is 23.1 Å². The Morgan fingerprint density at radius 2 is 1.92 bits per heavy atom. The lowest BCUT2D eigenvalue weighted by Gasteiger charge is -2.20. The lowest BCUT2D eigenvalue weighted by atomic mass is 9.94. The first-order chi connectivity index (χ1) is 5.95. The maximum absolute atomic E-state index is 9.88. The molecule has 0 aliphatic rings. The van der Waals surface area contributed by atoms with Crippen LogP contribution in [0.5, 0.6) is 0 Å². The van der Waals surface area contributed by atoms with Gasteiger partial charge in [0.25, 0.3) is 0 Å².